The number of hydrogen-bond donors (Lipinski definition) is 2. The third-order valence-corrected chi connectivity index (χ3v) is 3.20. The van der Waals surface area contributed by atoms with E-state index in [-0.39, 0.29) is 0 Å². The maximum atomic E-state index is 5.63. The number of nitrogens with one attached hydrogen (secondary N) is 1. The molecule has 3 nitrogen and oxygen atoms in total. The van der Waals surface area contributed by atoms with Crippen LogP contribution in [0.5, 0.6) is 0 Å². The first-order valence-electron chi connectivity index (χ1n) is 5.66. The normalized spacial score (nSPS) is 11.1. The molecule has 1 heterocycles. The molecule has 90 valence electrons. The monoisotopic (exact) mass is 293 g/mol. The summed E-state index contributed by atoms with van der Waals surface area (Å²) in [6.45, 7) is 4.74. The van der Waals surface area contributed by atoms with E-state index in [0.717, 1.165) is 27.2 Å². The van der Waals surface area contributed by atoms with Gasteiger partial charge in [0.15, 0.2) is 0 Å². The molecule has 0 aliphatic carbocycles. The van der Waals surface area contributed by atoms with Gasteiger partial charge in [0.05, 0.1) is 12.2 Å². The average molecular weight is 294 g/mol. The molecule has 0 radical (unpaired) electrons. The lowest BCUT2D eigenvalue weighted by atomic mass is 10.0. The fraction of sp³-hybridized carbons (Fsp3) is 0.308. The largest absolute Gasteiger partial charge is 0.344 e. The highest BCUT2D eigenvalue weighted by Crippen LogP contribution is 2.28. The number of aromatic amines is 1. The Morgan fingerprint density at radius 2 is 1.94 bits per heavy atom. The highest BCUT2D eigenvalue weighted by molar-refractivity contribution is 9.10. The van der Waals surface area contributed by atoms with Crippen molar-refractivity contribution in [2.24, 2.45) is 5.73 Å². The lowest BCUT2D eigenvalue weighted by molar-refractivity contribution is 0.822. The molecule has 0 saturated heterocycles. The molecule has 0 aliphatic rings. The van der Waals surface area contributed by atoms with Crippen LogP contribution in [0.25, 0.3) is 11.3 Å². The molecule has 0 saturated carbocycles. The molecule has 0 aliphatic heterocycles. The van der Waals surface area contributed by atoms with Gasteiger partial charge in [0, 0.05) is 15.7 Å². The van der Waals surface area contributed by atoms with Crippen LogP contribution in [0, 0.1) is 0 Å². The van der Waals surface area contributed by atoms with Gasteiger partial charge in [0.1, 0.15) is 5.82 Å². The Hall–Kier alpha value is -1.13. The quantitative estimate of drug-likeness (QED) is 0.911. The van der Waals surface area contributed by atoms with E-state index in [4.69, 9.17) is 5.73 Å². The molecule has 3 N–H and O–H groups in total. The van der Waals surface area contributed by atoms with Crippen molar-refractivity contribution < 1.29 is 0 Å². The van der Waals surface area contributed by atoms with Gasteiger partial charge in [-0.05, 0) is 18.1 Å². The van der Waals surface area contributed by atoms with Crippen molar-refractivity contribution in [2.45, 2.75) is 26.3 Å². The summed E-state index contributed by atoms with van der Waals surface area (Å²) in [6.07, 6.45) is 0. The number of aromatic nitrogens is 2. The summed E-state index contributed by atoms with van der Waals surface area (Å²) in [4.78, 5) is 7.85. The summed E-state index contributed by atoms with van der Waals surface area (Å²) in [7, 11) is 0. The predicted octanol–water partition coefficient (Wildman–Crippen LogP) is 3.42. The number of benzene rings is 1. The van der Waals surface area contributed by atoms with Crippen LogP contribution in [0.3, 0.4) is 0 Å². The van der Waals surface area contributed by atoms with E-state index in [0.29, 0.717) is 12.5 Å². The van der Waals surface area contributed by atoms with Gasteiger partial charge in [-0.3, -0.25) is 0 Å². The molecule has 0 spiro atoms. The van der Waals surface area contributed by atoms with E-state index in [9.17, 15) is 0 Å². The highest BCUT2D eigenvalue weighted by atomic mass is 79.9. The Bertz CT molecular complexity index is 500. The molecule has 4 heteroatoms. The van der Waals surface area contributed by atoms with Crippen LogP contribution < -0.4 is 5.73 Å². The molecule has 0 bridgehead atoms. The Balaban J connectivity index is 2.49. The SMILES string of the molecule is CC(C)c1[nH]c(CN)nc1-c1ccc(Br)cc1. The lowest BCUT2D eigenvalue weighted by Crippen LogP contribution is -1.98. The van der Waals surface area contributed by atoms with Crippen molar-refractivity contribution >= 4 is 15.9 Å². The maximum Gasteiger partial charge on any atom is 0.120 e. The van der Waals surface area contributed by atoms with Gasteiger partial charge in [0.2, 0.25) is 0 Å². The van der Waals surface area contributed by atoms with Gasteiger partial charge in [-0.2, -0.15) is 0 Å². The fourth-order valence-corrected chi connectivity index (χ4v) is 2.04. The van der Waals surface area contributed by atoms with Gasteiger partial charge < -0.3 is 10.7 Å². The van der Waals surface area contributed by atoms with E-state index >= 15 is 0 Å². The third kappa shape index (κ3) is 2.58. The Kier molecular flexibility index (Phi) is 3.64. The van der Waals surface area contributed by atoms with Crippen molar-refractivity contribution in [1.29, 1.82) is 0 Å². The minimum absolute atomic E-state index is 0.404. The minimum Gasteiger partial charge on any atom is -0.344 e. The smallest absolute Gasteiger partial charge is 0.120 e. The summed E-state index contributed by atoms with van der Waals surface area (Å²) >= 11 is 3.44. The van der Waals surface area contributed by atoms with Gasteiger partial charge in [-0.1, -0.05) is 41.9 Å². The van der Waals surface area contributed by atoms with Crippen LogP contribution in [-0.2, 0) is 6.54 Å². The number of nitrogens with two attached hydrogens (primary N) is 1. The predicted molar refractivity (Wildman–Crippen MR) is 73.7 cm³/mol. The van der Waals surface area contributed by atoms with Gasteiger partial charge in [-0.25, -0.2) is 4.98 Å². The minimum atomic E-state index is 0.404. The molecular formula is C13H16BrN3. The Morgan fingerprint density at radius 1 is 1.29 bits per heavy atom. The summed E-state index contributed by atoms with van der Waals surface area (Å²) in [6, 6.07) is 8.17. The lowest BCUT2D eigenvalue weighted by Gasteiger charge is -2.05. The van der Waals surface area contributed by atoms with Crippen molar-refractivity contribution in [1.82, 2.24) is 9.97 Å². The first-order chi connectivity index (χ1) is 8.11. The number of rotatable bonds is 3. The number of halogens is 1. The molecule has 1 aromatic heterocycles. The molecule has 2 aromatic rings. The first-order valence-corrected chi connectivity index (χ1v) is 6.46. The zero-order valence-electron chi connectivity index (χ0n) is 10.00. The standard InChI is InChI=1S/C13H16BrN3/c1-8(2)12-13(17-11(7-15)16-12)9-3-5-10(14)6-4-9/h3-6,8H,7,15H2,1-2H3,(H,16,17). The van der Waals surface area contributed by atoms with Crippen LogP contribution >= 0.6 is 15.9 Å². The molecule has 1 aromatic carbocycles. The van der Waals surface area contributed by atoms with Gasteiger partial charge in [0.25, 0.3) is 0 Å². The number of imidazole rings is 1. The second-order valence-electron chi connectivity index (χ2n) is 4.31. The van der Waals surface area contributed by atoms with Crippen LogP contribution in [-0.4, -0.2) is 9.97 Å². The number of hydrogen-bond acceptors (Lipinski definition) is 2. The zero-order valence-corrected chi connectivity index (χ0v) is 11.6. The van der Waals surface area contributed by atoms with Gasteiger partial charge >= 0.3 is 0 Å². The van der Waals surface area contributed by atoms with E-state index in [2.05, 4.69) is 51.9 Å². The molecular weight excluding hydrogens is 278 g/mol. The Morgan fingerprint density at radius 3 is 2.47 bits per heavy atom. The zero-order chi connectivity index (χ0) is 12.4. The van der Waals surface area contributed by atoms with E-state index in [1.165, 1.54) is 0 Å². The van der Waals surface area contributed by atoms with Crippen LogP contribution in [0.4, 0.5) is 0 Å². The highest BCUT2D eigenvalue weighted by Gasteiger charge is 2.14. The first kappa shape index (κ1) is 12.3. The second kappa shape index (κ2) is 5.02. The summed E-state index contributed by atoms with van der Waals surface area (Å²) < 4.78 is 1.07. The van der Waals surface area contributed by atoms with E-state index in [1.807, 2.05) is 12.1 Å². The molecule has 0 fully saturated rings. The molecule has 2 rings (SSSR count). The van der Waals surface area contributed by atoms with Crippen LogP contribution in [0.15, 0.2) is 28.7 Å². The summed E-state index contributed by atoms with van der Waals surface area (Å²) in [5.74, 6) is 1.24. The maximum absolute atomic E-state index is 5.63. The second-order valence-corrected chi connectivity index (χ2v) is 5.23. The van der Waals surface area contributed by atoms with E-state index in [1.54, 1.807) is 0 Å². The fourth-order valence-electron chi connectivity index (χ4n) is 1.78. The average Bonchev–Trinajstić information content (AvgIpc) is 2.74. The van der Waals surface area contributed by atoms with Crippen LogP contribution in [0.2, 0.25) is 0 Å². The number of nitrogens with zero attached hydrogens (tertiary/aromatic N) is 1. The van der Waals surface area contributed by atoms with Crippen molar-refractivity contribution in [2.75, 3.05) is 0 Å². The van der Waals surface area contributed by atoms with Crippen molar-refractivity contribution in [3.05, 3.63) is 40.3 Å². The summed E-state index contributed by atoms with van der Waals surface area (Å²) in [5.41, 5.74) is 8.90. The summed E-state index contributed by atoms with van der Waals surface area (Å²) in [5, 5.41) is 0. The van der Waals surface area contributed by atoms with E-state index < -0.39 is 0 Å². The molecule has 0 atom stereocenters. The van der Waals surface area contributed by atoms with Crippen LogP contribution in [0.1, 0.15) is 31.3 Å². The van der Waals surface area contributed by atoms with Crippen molar-refractivity contribution in [3.8, 4) is 11.3 Å². The number of H-pyrrole nitrogens is 1. The Labute approximate surface area is 110 Å². The molecule has 0 amide bonds. The third-order valence-electron chi connectivity index (χ3n) is 2.67. The van der Waals surface area contributed by atoms with Gasteiger partial charge in [-0.15, -0.1) is 0 Å². The van der Waals surface area contributed by atoms with Crippen molar-refractivity contribution in [3.63, 3.8) is 0 Å². The molecule has 0 unspecified atom stereocenters. The topological polar surface area (TPSA) is 54.7 Å². The molecule has 17 heavy (non-hydrogen) atoms.